The van der Waals surface area contributed by atoms with E-state index in [9.17, 15) is 24.0 Å². The first-order chi connectivity index (χ1) is 20.2. The lowest BCUT2D eigenvalue weighted by molar-refractivity contribution is -0.134. The van der Waals surface area contributed by atoms with Crippen molar-refractivity contribution in [3.05, 3.63) is 0 Å². The fourth-order valence-electron chi connectivity index (χ4n) is 5.81. The Hall–Kier alpha value is -2.34. The number of ether oxygens (including phenoxy) is 1. The molecule has 11 nitrogen and oxygen atoms in total. The number of urea groups is 1. The first-order valence-electron chi connectivity index (χ1n) is 16.0. The van der Waals surface area contributed by atoms with Gasteiger partial charge in [-0.1, -0.05) is 48.0 Å². The zero-order chi connectivity index (χ0) is 31.9. The van der Waals surface area contributed by atoms with Crippen molar-refractivity contribution in [1.82, 2.24) is 26.6 Å². The Balaban J connectivity index is 1.54. The highest BCUT2D eigenvalue weighted by Crippen LogP contribution is 2.33. The van der Waals surface area contributed by atoms with Crippen molar-refractivity contribution in [2.24, 2.45) is 17.8 Å². The van der Waals surface area contributed by atoms with E-state index in [-0.39, 0.29) is 47.6 Å². The number of Topliss-reactive ketones (excluding diaryl/α,β-unsaturated/α-hetero) is 1. The number of amides is 5. The van der Waals surface area contributed by atoms with E-state index in [0.29, 0.717) is 44.0 Å². The summed E-state index contributed by atoms with van der Waals surface area (Å²) < 4.78 is 5.35. The van der Waals surface area contributed by atoms with Gasteiger partial charge in [-0.3, -0.25) is 19.2 Å². The third-order valence-corrected chi connectivity index (χ3v) is 9.73. The summed E-state index contributed by atoms with van der Waals surface area (Å²) in [4.78, 5) is 64.5. The number of nitrogens with one attached hydrogen (secondary N) is 5. The Morgan fingerprint density at radius 1 is 0.860 bits per heavy atom. The smallest absolute Gasteiger partial charge is 0.315 e. The van der Waals surface area contributed by atoms with Crippen molar-refractivity contribution in [3.63, 3.8) is 0 Å². The molecular formula is C31H53N5O6S. The van der Waals surface area contributed by atoms with Crippen molar-refractivity contribution >= 4 is 41.3 Å². The highest BCUT2D eigenvalue weighted by molar-refractivity contribution is 8.00. The van der Waals surface area contributed by atoms with Crippen LogP contribution < -0.4 is 26.6 Å². The molecule has 43 heavy (non-hydrogen) atoms. The molecule has 3 aliphatic heterocycles. The lowest BCUT2D eigenvalue weighted by Crippen LogP contribution is -2.57. The molecule has 244 valence electrons. The number of unbranched alkanes of at least 4 members (excludes halogenated alkanes) is 1. The minimum atomic E-state index is -0.863. The topological polar surface area (TPSA) is 158 Å². The van der Waals surface area contributed by atoms with Crippen LogP contribution in [0.4, 0.5) is 4.79 Å². The number of carbonyl (C=O) groups is 5. The molecule has 3 heterocycles. The van der Waals surface area contributed by atoms with Crippen molar-refractivity contribution in [3.8, 4) is 0 Å². The molecule has 3 fully saturated rings. The summed E-state index contributed by atoms with van der Waals surface area (Å²) in [6, 6.07) is -2.09. The molecule has 0 saturated carbocycles. The molecule has 0 spiro atoms. The van der Waals surface area contributed by atoms with Crippen molar-refractivity contribution in [2.75, 3.05) is 12.4 Å². The van der Waals surface area contributed by atoms with Crippen LogP contribution in [0.3, 0.4) is 0 Å². The summed E-state index contributed by atoms with van der Waals surface area (Å²) in [5.41, 5.74) is -0.863. The second-order valence-electron chi connectivity index (χ2n) is 13.9. The molecule has 0 radical (unpaired) electrons. The molecule has 5 amide bonds. The Morgan fingerprint density at radius 2 is 1.40 bits per heavy atom. The van der Waals surface area contributed by atoms with Crippen LogP contribution in [-0.2, 0) is 23.9 Å². The SMILES string of the molecule is CC(C)C[C@H](NC(=O)CCCCC1SCC2NC(=O)NC21)C(=O)N[C@@H](CC(C)C)C(=O)N[C@@H](CC(C)C)C(=O)[C@@]1(C)CO1. The Morgan fingerprint density at radius 3 is 1.95 bits per heavy atom. The zero-order valence-corrected chi connectivity index (χ0v) is 27.7. The van der Waals surface area contributed by atoms with Crippen LogP contribution in [0.1, 0.15) is 93.4 Å². The second-order valence-corrected chi connectivity index (χ2v) is 15.2. The molecule has 0 aromatic rings. The van der Waals surface area contributed by atoms with Gasteiger partial charge in [-0.25, -0.2) is 4.79 Å². The predicted octanol–water partition coefficient (Wildman–Crippen LogP) is 2.66. The van der Waals surface area contributed by atoms with E-state index in [1.807, 2.05) is 53.3 Å². The predicted molar refractivity (Wildman–Crippen MR) is 167 cm³/mol. The minimum absolute atomic E-state index is 0.103. The summed E-state index contributed by atoms with van der Waals surface area (Å²) >= 11 is 1.85. The third-order valence-electron chi connectivity index (χ3n) is 8.22. The van der Waals surface area contributed by atoms with E-state index in [1.165, 1.54) is 0 Å². The van der Waals surface area contributed by atoms with Crippen LogP contribution in [0, 0.1) is 17.8 Å². The molecule has 0 aromatic heterocycles. The lowest BCUT2D eigenvalue weighted by Gasteiger charge is -2.27. The van der Waals surface area contributed by atoms with Crippen LogP contribution in [0.5, 0.6) is 0 Å². The second kappa shape index (κ2) is 15.6. The van der Waals surface area contributed by atoms with Crippen LogP contribution in [-0.4, -0.2) is 83.0 Å². The Bertz CT molecular complexity index is 1020. The van der Waals surface area contributed by atoms with Gasteiger partial charge >= 0.3 is 6.03 Å². The van der Waals surface area contributed by atoms with Gasteiger partial charge in [-0.15, -0.1) is 0 Å². The van der Waals surface area contributed by atoms with Gasteiger partial charge in [0, 0.05) is 17.4 Å². The van der Waals surface area contributed by atoms with E-state index in [2.05, 4.69) is 26.6 Å². The van der Waals surface area contributed by atoms with Crippen LogP contribution >= 0.6 is 11.8 Å². The highest BCUT2D eigenvalue weighted by atomic mass is 32.2. The van der Waals surface area contributed by atoms with Gasteiger partial charge in [0.25, 0.3) is 0 Å². The number of epoxide rings is 1. The summed E-state index contributed by atoms with van der Waals surface area (Å²) in [5, 5.41) is 15.0. The minimum Gasteiger partial charge on any atom is -0.361 e. The maximum atomic E-state index is 13.5. The largest absolute Gasteiger partial charge is 0.361 e. The number of ketones is 1. The Kier molecular flexibility index (Phi) is 12.7. The first-order valence-corrected chi connectivity index (χ1v) is 17.0. The van der Waals surface area contributed by atoms with Crippen LogP contribution in [0.25, 0.3) is 0 Å². The van der Waals surface area contributed by atoms with Gasteiger partial charge in [0.15, 0.2) is 5.78 Å². The van der Waals surface area contributed by atoms with Crippen LogP contribution in [0.2, 0.25) is 0 Å². The Labute approximate surface area is 260 Å². The van der Waals surface area contributed by atoms with Gasteiger partial charge in [-0.2, -0.15) is 11.8 Å². The summed E-state index contributed by atoms with van der Waals surface area (Å²) in [7, 11) is 0. The van der Waals surface area contributed by atoms with E-state index in [0.717, 1.165) is 18.6 Å². The average molecular weight is 624 g/mol. The van der Waals surface area contributed by atoms with Gasteiger partial charge in [0.05, 0.1) is 24.7 Å². The molecule has 0 aliphatic carbocycles. The number of rotatable bonds is 18. The van der Waals surface area contributed by atoms with Gasteiger partial charge < -0.3 is 31.3 Å². The highest BCUT2D eigenvalue weighted by Gasteiger charge is 2.50. The first kappa shape index (κ1) is 35.1. The molecule has 5 N–H and O–H groups in total. The zero-order valence-electron chi connectivity index (χ0n) is 26.9. The maximum absolute atomic E-state index is 13.5. The molecule has 3 unspecified atom stereocenters. The average Bonchev–Trinajstić information content (AvgIpc) is 3.39. The van der Waals surface area contributed by atoms with E-state index < -0.39 is 35.5 Å². The lowest BCUT2D eigenvalue weighted by atomic mass is 9.92. The van der Waals surface area contributed by atoms with Crippen molar-refractivity contribution in [2.45, 2.75) is 134 Å². The normalized spacial score (nSPS) is 26.4. The van der Waals surface area contributed by atoms with E-state index in [1.54, 1.807) is 6.92 Å². The number of fused-ring (bicyclic) bond motifs is 1. The van der Waals surface area contributed by atoms with E-state index in [4.69, 9.17) is 4.74 Å². The van der Waals surface area contributed by atoms with Gasteiger partial charge in [0.2, 0.25) is 17.7 Å². The number of carbonyl (C=O) groups excluding carboxylic acids is 5. The molecule has 12 heteroatoms. The fourth-order valence-corrected chi connectivity index (χ4v) is 7.36. The quantitative estimate of drug-likeness (QED) is 0.0892. The fraction of sp³-hybridized carbons (Fsp3) is 0.839. The number of hydrogen-bond acceptors (Lipinski definition) is 7. The standard InChI is InChI=1S/C31H53N5O6S/c1-17(2)12-20(27(38)31(7)16-42-31)33-29(40)22(14-19(5)6)34-28(39)21(13-18(3)4)32-25(37)11-9-8-10-24-26-23(15-43-24)35-30(41)36-26/h17-24,26H,8-16H2,1-7H3,(H,32,37)(H,33,40)(H,34,39)(H2,35,36,41)/t20-,21-,22-,23?,24?,26?,31+/m0/s1. The summed E-state index contributed by atoms with van der Waals surface area (Å²) in [6.45, 7) is 14.0. The monoisotopic (exact) mass is 623 g/mol. The number of hydrogen-bond donors (Lipinski definition) is 5. The molecular weight excluding hydrogens is 570 g/mol. The molecule has 3 saturated heterocycles. The van der Waals surface area contributed by atoms with Crippen LogP contribution in [0.15, 0.2) is 0 Å². The maximum Gasteiger partial charge on any atom is 0.315 e. The van der Waals surface area contributed by atoms with Crippen molar-refractivity contribution in [1.29, 1.82) is 0 Å². The molecule has 0 aromatic carbocycles. The molecule has 3 rings (SSSR count). The molecule has 3 aliphatic rings. The third kappa shape index (κ3) is 10.7. The summed E-state index contributed by atoms with van der Waals surface area (Å²) in [6.07, 6.45) is 4.05. The number of thioether (sulfide) groups is 1. The molecule has 0 bridgehead atoms. The van der Waals surface area contributed by atoms with Crippen molar-refractivity contribution < 1.29 is 28.7 Å². The van der Waals surface area contributed by atoms with E-state index >= 15 is 0 Å². The molecule has 7 atom stereocenters. The summed E-state index contributed by atoms with van der Waals surface area (Å²) in [5.74, 6) is 0.186. The van der Waals surface area contributed by atoms with Gasteiger partial charge in [-0.05, 0) is 56.8 Å². The van der Waals surface area contributed by atoms with Gasteiger partial charge in [0.1, 0.15) is 17.7 Å².